The van der Waals surface area contributed by atoms with E-state index in [1.165, 1.54) is 16.7 Å². The molecule has 5 heteroatoms. The van der Waals surface area contributed by atoms with E-state index in [0.29, 0.717) is 37.6 Å². The molecule has 0 unspecified atom stereocenters. The maximum Gasteiger partial charge on any atom is 0.255 e. The van der Waals surface area contributed by atoms with Crippen LogP contribution < -0.4 is 10.1 Å². The van der Waals surface area contributed by atoms with E-state index in [-0.39, 0.29) is 18.0 Å². The van der Waals surface area contributed by atoms with Crippen LogP contribution in [0.3, 0.4) is 0 Å². The Bertz CT molecular complexity index is 1330. The molecule has 4 aromatic rings. The number of rotatable bonds is 6. The largest absolute Gasteiger partial charge is 0.491 e. The average Bonchev–Trinajstić information content (AvgIpc) is 3.02. The second-order valence-corrected chi connectivity index (χ2v) is 10.7. The van der Waals surface area contributed by atoms with Crippen LogP contribution in [-0.4, -0.2) is 49.3 Å². The number of hydrogen-bond acceptors (Lipinski definition) is 4. The first-order valence-electron chi connectivity index (χ1n) is 14.7. The first-order valence-corrected chi connectivity index (χ1v) is 14.7. The van der Waals surface area contributed by atoms with Gasteiger partial charge in [0.05, 0.1) is 18.2 Å². The molecule has 5 nitrogen and oxygen atoms in total. The van der Waals surface area contributed by atoms with Crippen molar-refractivity contribution < 1.29 is 14.3 Å². The maximum atomic E-state index is 13.6. The third kappa shape index (κ3) is 8.78. The number of carbonyl (C=O) groups is 1. The fourth-order valence-electron chi connectivity index (χ4n) is 5.41. The summed E-state index contributed by atoms with van der Waals surface area (Å²) in [6.07, 6.45) is 3.54. The highest BCUT2D eigenvalue weighted by Crippen LogP contribution is 2.22. The zero-order valence-corrected chi connectivity index (χ0v) is 23.7. The summed E-state index contributed by atoms with van der Waals surface area (Å²) >= 11 is 0. The van der Waals surface area contributed by atoms with E-state index >= 15 is 0 Å². The van der Waals surface area contributed by atoms with Crippen molar-refractivity contribution in [3.63, 3.8) is 0 Å². The van der Waals surface area contributed by atoms with Gasteiger partial charge in [-0.05, 0) is 61.1 Å². The molecular weight excluding hydrogens is 508 g/mol. The number of benzene rings is 4. The van der Waals surface area contributed by atoms with Gasteiger partial charge in [0.15, 0.2) is 0 Å². The lowest BCUT2D eigenvalue weighted by Crippen LogP contribution is -2.41. The predicted molar refractivity (Wildman–Crippen MR) is 164 cm³/mol. The summed E-state index contributed by atoms with van der Waals surface area (Å²) in [7, 11) is 0. The fourth-order valence-corrected chi connectivity index (χ4v) is 5.41. The van der Waals surface area contributed by atoms with Gasteiger partial charge < -0.3 is 14.8 Å². The Morgan fingerprint density at radius 2 is 1.29 bits per heavy atom. The molecule has 212 valence electrons. The number of nitrogens with zero attached hydrogens (tertiary/aromatic N) is 1. The summed E-state index contributed by atoms with van der Waals surface area (Å²) in [5, 5.41) is 3.23. The van der Waals surface area contributed by atoms with E-state index in [1.54, 1.807) is 0 Å². The van der Waals surface area contributed by atoms with Crippen LogP contribution in [0.15, 0.2) is 115 Å². The van der Waals surface area contributed by atoms with Crippen LogP contribution >= 0.6 is 0 Å². The summed E-state index contributed by atoms with van der Waals surface area (Å²) in [6.45, 7) is 3.38. The molecule has 4 aromatic carbocycles. The summed E-state index contributed by atoms with van der Waals surface area (Å²) in [6, 6.07) is 39.0. The maximum absolute atomic E-state index is 13.6. The van der Waals surface area contributed by atoms with Gasteiger partial charge in [0, 0.05) is 19.2 Å². The third-order valence-electron chi connectivity index (χ3n) is 7.59. The Hall–Kier alpha value is -3.93. The highest BCUT2D eigenvalue weighted by molar-refractivity contribution is 5.97. The molecule has 41 heavy (non-hydrogen) atoms. The van der Waals surface area contributed by atoms with Crippen molar-refractivity contribution in [3.05, 3.63) is 138 Å². The zero-order chi connectivity index (χ0) is 28.1. The number of amides is 1. The van der Waals surface area contributed by atoms with Crippen LogP contribution in [-0.2, 0) is 24.1 Å². The molecule has 0 aromatic heterocycles. The van der Waals surface area contributed by atoms with Crippen LogP contribution in [0.25, 0.3) is 0 Å². The smallest absolute Gasteiger partial charge is 0.255 e. The minimum absolute atomic E-state index is 0.130. The highest BCUT2D eigenvalue weighted by atomic mass is 16.5. The molecule has 1 N–H and O–H groups in total. The molecule has 1 amide bonds. The van der Waals surface area contributed by atoms with Gasteiger partial charge in [-0.3, -0.25) is 9.69 Å². The Kier molecular flexibility index (Phi) is 10.6. The summed E-state index contributed by atoms with van der Waals surface area (Å²) in [5.41, 5.74) is 4.27. The van der Waals surface area contributed by atoms with Crippen LogP contribution in [0.5, 0.6) is 5.75 Å². The van der Waals surface area contributed by atoms with Crippen molar-refractivity contribution in [1.29, 1.82) is 0 Å². The molecule has 0 aliphatic carbocycles. The minimum Gasteiger partial charge on any atom is -0.491 e. The van der Waals surface area contributed by atoms with Crippen molar-refractivity contribution in [3.8, 4) is 5.75 Å². The van der Waals surface area contributed by atoms with Crippen LogP contribution in [0, 0.1) is 0 Å². The molecule has 0 fully saturated rings. The molecule has 0 saturated carbocycles. The quantitative estimate of drug-likeness (QED) is 0.306. The molecule has 2 atom stereocenters. The zero-order valence-electron chi connectivity index (χ0n) is 23.7. The number of ether oxygens (including phenoxy) is 2. The lowest BCUT2D eigenvalue weighted by molar-refractivity contribution is 0.0819. The van der Waals surface area contributed by atoms with E-state index in [0.717, 1.165) is 32.4 Å². The Morgan fingerprint density at radius 1 is 0.683 bits per heavy atom. The van der Waals surface area contributed by atoms with Crippen molar-refractivity contribution in [2.75, 3.05) is 26.4 Å². The van der Waals surface area contributed by atoms with E-state index in [4.69, 9.17) is 9.47 Å². The Balaban J connectivity index is 1.40. The number of fused-ring (bicyclic) bond motifs is 1. The van der Waals surface area contributed by atoms with Crippen LogP contribution in [0.4, 0.5) is 0 Å². The topological polar surface area (TPSA) is 50.8 Å². The molecule has 0 bridgehead atoms. The molecule has 0 saturated heterocycles. The number of para-hydroxylation sites is 1. The van der Waals surface area contributed by atoms with Crippen molar-refractivity contribution in [2.45, 2.75) is 44.3 Å². The van der Waals surface area contributed by atoms with Gasteiger partial charge in [0.25, 0.3) is 5.91 Å². The van der Waals surface area contributed by atoms with Gasteiger partial charge in [-0.25, -0.2) is 0 Å². The average molecular weight is 549 g/mol. The van der Waals surface area contributed by atoms with Crippen molar-refractivity contribution in [2.24, 2.45) is 0 Å². The van der Waals surface area contributed by atoms with Gasteiger partial charge in [0.1, 0.15) is 12.4 Å². The van der Waals surface area contributed by atoms with Crippen LogP contribution in [0.1, 0.15) is 39.9 Å². The fraction of sp³-hybridized carbons (Fsp3) is 0.306. The van der Waals surface area contributed by atoms with E-state index in [1.807, 2.05) is 42.5 Å². The normalized spacial score (nSPS) is 19.2. The number of nitrogens with one attached hydrogen (secondary N) is 1. The Morgan fingerprint density at radius 3 is 2.00 bits per heavy atom. The molecule has 1 aliphatic heterocycles. The van der Waals surface area contributed by atoms with E-state index in [2.05, 4.69) is 83.0 Å². The molecule has 1 heterocycles. The number of hydrogen-bond donors (Lipinski definition) is 1. The SMILES string of the molecule is O=C1N[C@@H](Cc2ccccc2)COCCCCN(Cc2ccccc2)[C@@H](Cc2ccccc2)COc2ccccc21. The van der Waals surface area contributed by atoms with E-state index < -0.39 is 0 Å². The molecular formula is C36H40N2O3. The lowest BCUT2D eigenvalue weighted by atomic mass is 10.0. The van der Waals surface area contributed by atoms with Gasteiger partial charge in [-0.2, -0.15) is 0 Å². The predicted octanol–water partition coefficient (Wildman–Crippen LogP) is 6.33. The minimum atomic E-state index is -0.138. The monoisotopic (exact) mass is 548 g/mol. The standard InChI is InChI=1S/C36H40N2O3/c39-36-34-20-10-11-21-35(34)41-28-33(25-30-16-6-2-7-17-30)38(26-31-18-8-3-9-19-31)22-12-13-23-40-27-32(37-36)24-29-14-4-1-5-15-29/h1-11,14-21,32-33H,12-13,22-28H2,(H,37,39)/t32-,33-/m0/s1. The third-order valence-corrected chi connectivity index (χ3v) is 7.59. The molecule has 5 rings (SSSR count). The van der Waals surface area contributed by atoms with Crippen molar-refractivity contribution >= 4 is 5.91 Å². The summed E-state index contributed by atoms with van der Waals surface area (Å²) in [5.74, 6) is 0.470. The van der Waals surface area contributed by atoms with Crippen LogP contribution in [0.2, 0.25) is 0 Å². The van der Waals surface area contributed by atoms with Gasteiger partial charge in [-0.15, -0.1) is 0 Å². The van der Waals surface area contributed by atoms with Gasteiger partial charge in [0.2, 0.25) is 0 Å². The molecule has 1 aliphatic rings. The highest BCUT2D eigenvalue weighted by Gasteiger charge is 2.23. The van der Waals surface area contributed by atoms with Gasteiger partial charge in [-0.1, -0.05) is 103 Å². The number of carbonyl (C=O) groups excluding carboxylic acids is 1. The second-order valence-electron chi connectivity index (χ2n) is 10.7. The van der Waals surface area contributed by atoms with E-state index in [9.17, 15) is 4.79 Å². The van der Waals surface area contributed by atoms with Crippen molar-refractivity contribution in [1.82, 2.24) is 10.2 Å². The molecule has 0 spiro atoms. The Labute approximate surface area is 244 Å². The first-order chi connectivity index (χ1) is 20.2. The molecule has 0 radical (unpaired) electrons. The first kappa shape index (κ1) is 28.6. The van der Waals surface area contributed by atoms with Gasteiger partial charge >= 0.3 is 0 Å². The summed E-state index contributed by atoms with van der Waals surface area (Å²) in [4.78, 5) is 16.1. The lowest BCUT2D eigenvalue weighted by Gasteiger charge is -2.32. The summed E-state index contributed by atoms with van der Waals surface area (Å²) < 4.78 is 12.6. The second kappa shape index (κ2) is 15.2.